The molecule has 4 atom stereocenters. The molecule has 0 spiro atoms. The summed E-state index contributed by atoms with van der Waals surface area (Å²) in [5.74, 6) is 2.24. The van der Waals surface area contributed by atoms with E-state index in [9.17, 15) is 14.4 Å². The van der Waals surface area contributed by atoms with E-state index in [2.05, 4.69) is 22.8 Å². The molecule has 0 aliphatic heterocycles. The van der Waals surface area contributed by atoms with Gasteiger partial charge in [0.15, 0.2) is 0 Å². The summed E-state index contributed by atoms with van der Waals surface area (Å²) in [7, 11) is 0. The van der Waals surface area contributed by atoms with Gasteiger partial charge in [0.2, 0.25) is 11.8 Å². The maximum atomic E-state index is 12.3. The van der Waals surface area contributed by atoms with E-state index in [-0.39, 0.29) is 24.8 Å². The van der Waals surface area contributed by atoms with Crippen LogP contribution in [0.15, 0.2) is 47.4 Å². The molecule has 0 radical (unpaired) electrons. The van der Waals surface area contributed by atoms with Crippen LogP contribution in [0.25, 0.3) is 0 Å². The Morgan fingerprint density at radius 2 is 1.73 bits per heavy atom. The van der Waals surface area contributed by atoms with Crippen molar-refractivity contribution in [2.75, 3.05) is 18.8 Å². The lowest BCUT2D eigenvalue weighted by atomic mass is 9.77. The van der Waals surface area contributed by atoms with Crippen LogP contribution in [-0.4, -0.2) is 41.7 Å². The molecule has 2 saturated carbocycles. The Bertz CT molecular complexity index is 814. The predicted molar refractivity (Wildman–Crippen MR) is 131 cm³/mol. The van der Waals surface area contributed by atoms with E-state index in [1.165, 1.54) is 19.3 Å². The lowest BCUT2D eigenvalue weighted by Gasteiger charge is -2.30. The molecular formula is C26H36N2O4S. The van der Waals surface area contributed by atoms with Crippen molar-refractivity contribution in [1.29, 1.82) is 0 Å². The van der Waals surface area contributed by atoms with Gasteiger partial charge in [-0.15, -0.1) is 11.8 Å². The SMILES string of the molecule is O=C(O)CCC/C=C\C[C@@H]1[C@@H]2CC[C@@H](C2)[C@@H]1CNC(=O)CNC(=O)CCSc1ccccc1. The molecule has 1 aromatic rings. The number of nitrogens with one attached hydrogen (secondary N) is 2. The second-order valence-electron chi connectivity index (χ2n) is 9.15. The number of rotatable bonds is 14. The van der Waals surface area contributed by atoms with Crippen molar-refractivity contribution in [1.82, 2.24) is 10.6 Å². The van der Waals surface area contributed by atoms with E-state index in [4.69, 9.17) is 5.11 Å². The van der Waals surface area contributed by atoms with Crippen molar-refractivity contribution >= 4 is 29.5 Å². The predicted octanol–water partition coefficient (Wildman–Crippen LogP) is 4.26. The van der Waals surface area contributed by atoms with Crippen molar-refractivity contribution < 1.29 is 19.5 Å². The number of carboxylic acids is 1. The fourth-order valence-corrected chi connectivity index (χ4v) is 6.17. The summed E-state index contributed by atoms with van der Waals surface area (Å²) < 4.78 is 0. The number of allylic oxidation sites excluding steroid dienone is 2. The van der Waals surface area contributed by atoms with E-state index in [0.29, 0.717) is 42.9 Å². The number of hydrogen-bond donors (Lipinski definition) is 3. The minimum absolute atomic E-state index is 0.0315. The normalized spacial score (nSPS) is 23.6. The van der Waals surface area contributed by atoms with Gasteiger partial charge in [-0.2, -0.15) is 0 Å². The topological polar surface area (TPSA) is 95.5 Å². The maximum absolute atomic E-state index is 12.3. The minimum atomic E-state index is -0.741. The monoisotopic (exact) mass is 472 g/mol. The second-order valence-corrected chi connectivity index (χ2v) is 10.3. The molecule has 0 heterocycles. The number of benzene rings is 1. The number of carbonyl (C=O) groups is 3. The number of carbonyl (C=O) groups excluding carboxylic acids is 2. The third-order valence-electron chi connectivity index (χ3n) is 6.93. The van der Waals surface area contributed by atoms with Gasteiger partial charge in [-0.25, -0.2) is 0 Å². The lowest BCUT2D eigenvalue weighted by molar-refractivity contribution is -0.137. The first-order chi connectivity index (χ1) is 16.0. The van der Waals surface area contributed by atoms with E-state index in [1.54, 1.807) is 11.8 Å². The molecule has 0 saturated heterocycles. The standard InChI is InChI=1S/C26H36N2O4S/c29-24(14-15-33-21-8-4-3-5-9-21)28-18-25(30)27-17-23-20-13-12-19(16-20)22(23)10-6-1-2-7-11-26(31)32/h1,3-6,8-9,19-20,22-23H,2,7,10-18H2,(H,27,30)(H,28,29)(H,31,32)/b6-1-/t19-,20+,22-,23+/m1/s1. The van der Waals surface area contributed by atoms with Crippen molar-refractivity contribution in [3.63, 3.8) is 0 Å². The number of amides is 2. The first-order valence-electron chi connectivity index (χ1n) is 12.1. The zero-order valence-corrected chi connectivity index (χ0v) is 20.0. The second kappa shape index (κ2) is 13.4. The summed E-state index contributed by atoms with van der Waals surface area (Å²) in [5, 5.41) is 14.5. The van der Waals surface area contributed by atoms with Crippen molar-refractivity contribution in [3.8, 4) is 0 Å². The van der Waals surface area contributed by atoms with Crippen LogP contribution >= 0.6 is 11.8 Å². The van der Waals surface area contributed by atoms with E-state index in [1.807, 2.05) is 30.3 Å². The Kier molecular flexibility index (Phi) is 10.3. The molecule has 3 N–H and O–H groups in total. The van der Waals surface area contributed by atoms with Crippen LogP contribution < -0.4 is 10.6 Å². The Balaban J connectivity index is 1.32. The van der Waals surface area contributed by atoms with Crippen LogP contribution in [0.3, 0.4) is 0 Å². The van der Waals surface area contributed by atoms with Gasteiger partial charge in [-0.3, -0.25) is 14.4 Å². The quantitative estimate of drug-likeness (QED) is 0.214. The van der Waals surface area contributed by atoms with Crippen molar-refractivity contribution in [3.05, 3.63) is 42.5 Å². The number of thioether (sulfide) groups is 1. The van der Waals surface area contributed by atoms with Crippen LogP contribution in [0.5, 0.6) is 0 Å². The summed E-state index contributed by atoms with van der Waals surface area (Å²) in [4.78, 5) is 36.1. The zero-order chi connectivity index (χ0) is 23.5. The third kappa shape index (κ3) is 8.54. The van der Waals surface area contributed by atoms with Crippen LogP contribution in [0.2, 0.25) is 0 Å². The number of aliphatic carboxylic acids is 1. The summed E-state index contributed by atoms with van der Waals surface area (Å²) in [6.45, 7) is 0.709. The average molecular weight is 473 g/mol. The molecular weight excluding hydrogens is 436 g/mol. The largest absolute Gasteiger partial charge is 0.481 e. The fraction of sp³-hybridized carbons (Fsp3) is 0.577. The zero-order valence-electron chi connectivity index (χ0n) is 19.2. The third-order valence-corrected chi connectivity index (χ3v) is 7.95. The minimum Gasteiger partial charge on any atom is -0.481 e. The highest BCUT2D eigenvalue weighted by atomic mass is 32.2. The maximum Gasteiger partial charge on any atom is 0.303 e. The van der Waals surface area contributed by atoms with Crippen LogP contribution in [0, 0.1) is 23.7 Å². The number of carboxylic acid groups (broad SMARTS) is 1. The average Bonchev–Trinajstić information content (AvgIpc) is 3.41. The Morgan fingerprint density at radius 3 is 2.48 bits per heavy atom. The molecule has 2 fully saturated rings. The van der Waals surface area contributed by atoms with E-state index >= 15 is 0 Å². The van der Waals surface area contributed by atoms with Gasteiger partial charge in [-0.1, -0.05) is 30.4 Å². The van der Waals surface area contributed by atoms with Gasteiger partial charge in [0.05, 0.1) is 6.54 Å². The highest BCUT2D eigenvalue weighted by Gasteiger charge is 2.46. The lowest BCUT2D eigenvalue weighted by Crippen LogP contribution is -2.41. The van der Waals surface area contributed by atoms with E-state index in [0.717, 1.165) is 23.7 Å². The van der Waals surface area contributed by atoms with E-state index < -0.39 is 5.97 Å². The molecule has 7 heteroatoms. The van der Waals surface area contributed by atoms with Gasteiger partial charge in [-0.05, 0) is 74.3 Å². The molecule has 2 amide bonds. The van der Waals surface area contributed by atoms with Gasteiger partial charge in [0, 0.05) is 30.0 Å². The summed E-state index contributed by atoms with van der Waals surface area (Å²) in [5.41, 5.74) is 0. The molecule has 0 unspecified atom stereocenters. The smallest absolute Gasteiger partial charge is 0.303 e. The first kappa shape index (κ1) is 25.3. The number of fused-ring (bicyclic) bond motifs is 2. The Hall–Kier alpha value is -2.28. The molecule has 2 aliphatic rings. The molecule has 33 heavy (non-hydrogen) atoms. The number of hydrogen-bond acceptors (Lipinski definition) is 4. The molecule has 6 nitrogen and oxygen atoms in total. The van der Waals surface area contributed by atoms with Crippen LogP contribution in [0.4, 0.5) is 0 Å². The Morgan fingerprint density at radius 1 is 0.970 bits per heavy atom. The Labute approximate surface area is 201 Å². The van der Waals surface area contributed by atoms with Gasteiger partial charge in [0.1, 0.15) is 0 Å². The van der Waals surface area contributed by atoms with Gasteiger partial charge >= 0.3 is 5.97 Å². The molecule has 180 valence electrons. The molecule has 2 aliphatic carbocycles. The molecule has 3 rings (SSSR count). The summed E-state index contributed by atoms with van der Waals surface area (Å²) >= 11 is 1.64. The fourth-order valence-electron chi connectivity index (χ4n) is 5.30. The van der Waals surface area contributed by atoms with Crippen molar-refractivity contribution in [2.45, 2.75) is 56.3 Å². The number of unbranched alkanes of at least 4 members (excludes halogenated alkanes) is 1. The molecule has 1 aromatic carbocycles. The van der Waals surface area contributed by atoms with Crippen LogP contribution in [-0.2, 0) is 14.4 Å². The highest BCUT2D eigenvalue weighted by molar-refractivity contribution is 7.99. The van der Waals surface area contributed by atoms with Crippen molar-refractivity contribution in [2.24, 2.45) is 23.7 Å². The summed E-state index contributed by atoms with van der Waals surface area (Å²) in [6, 6.07) is 9.97. The highest BCUT2D eigenvalue weighted by Crippen LogP contribution is 2.53. The molecule has 0 aromatic heterocycles. The van der Waals surface area contributed by atoms with Gasteiger partial charge < -0.3 is 15.7 Å². The van der Waals surface area contributed by atoms with Gasteiger partial charge in [0.25, 0.3) is 0 Å². The summed E-state index contributed by atoms with van der Waals surface area (Å²) in [6.07, 6.45) is 11.2. The van der Waals surface area contributed by atoms with Crippen LogP contribution in [0.1, 0.15) is 51.4 Å². The first-order valence-corrected chi connectivity index (χ1v) is 13.1. The molecule has 2 bridgehead atoms.